The fourth-order valence-electron chi connectivity index (χ4n) is 2.93. The summed E-state index contributed by atoms with van der Waals surface area (Å²) in [5, 5.41) is 9.73. The number of fused-ring (bicyclic) bond motifs is 3. The molecule has 3 aliphatic rings. The monoisotopic (exact) mass is 198 g/mol. The third kappa shape index (κ3) is 2.12. The molecule has 0 aromatic rings. The highest BCUT2D eigenvalue weighted by Gasteiger charge is 2.41. The average Bonchev–Trinajstić information content (AvgIpc) is 2.20. The summed E-state index contributed by atoms with van der Waals surface area (Å²) >= 11 is 0. The first-order valence-corrected chi connectivity index (χ1v) is 6.11. The Balaban J connectivity index is 1.78. The van der Waals surface area contributed by atoms with E-state index < -0.39 is 0 Å². The fraction of sp³-hybridized carbons (Fsp3) is 1.00. The molecule has 4 unspecified atom stereocenters. The quantitative estimate of drug-likeness (QED) is 0.703. The lowest BCUT2D eigenvalue weighted by Crippen LogP contribution is -2.44. The number of hydrogen-bond acceptors (Lipinski definition) is 2. The van der Waals surface area contributed by atoms with E-state index in [-0.39, 0.29) is 6.10 Å². The third-order valence-electron chi connectivity index (χ3n) is 3.89. The van der Waals surface area contributed by atoms with E-state index in [0.29, 0.717) is 17.9 Å². The minimum Gasteiger partial charge on any atom is -0.393 e. The van der Waals surface area contributed by atoms with Gasteiger partial charge in [0.25, 0.3) is 0 Å². The average molecular weight is 198 g/mol. The maximum atomic E-state index is 9.73. The van der Waals surface area contributed by atoms with Crippen molar-refractivity contribution in [3.63, 3.8) is 0 Å². The zero-order valence-electron chi connectivity index (χ0n) is 9.11. The van der Waals surface area contributed by atoms with Gasteiger partial charge in [-0.25, -0.2) is 0 Å². The fourth-order valence-corrected chi connectivity index (χ4v) is 2.93. The van der Waals surface area contributed by atoms with Crippen LogP contribution in [0.3, 0.4) is 0 Å². The van der Waals surface area contributed by atoms with E-state index in [9.17, 15) is 5.11 Å². The molecule has 2 bridgehead atoms. The lowest BCUT2D eigenvalue weighted by molar-refractivity contribution is -0.102. The summed E-state index contributed by atoms with van der Waals surface area (Å²) in [6.07, 6.45) is 7.41. The van der Waals surface area contributed by atoms with Crippen LogP contribution in [0.1, 0.15) is 45.4 Å². The van der Waals surface area contributed by atoms with Crippen molar-refractivity contribution in [2.24, 2.45) is 11.8 Å². The Morgan fingerprint density at radius 2 is 2.00 bits per heavy atom. The number of unbranched alkanes of at least 4 members (excludes halogenated alkanes) is 1. The van der Waals surface area contributed by atoms with Gasteiger partial charge >= 0.3 is 0 Å². The minimum absolute atomic E-state index is 0.0280. The van der Waals surface area contributed by atoms with Gasteiger partial charge in [0, 0.05) is 6.61 Å². The van der Waals surface area contributed by atoms with Crippen LogP contribution in [0.2, 0.25) is 0 Å². The van der Waals surface area contributed by atoms with Gasteiger partial charge in [0.15, 0.2) is 0 Å². The predicted octanol–water partition coefficient (Wildman–Crippen LogP) is 2.35. The van der Waals surface area contributed by atoms with E-state index in [1.54, 1.807) is 0 Å². The summed E-state index contributed by atoms with van der Waals surface area (Å²) < 4.78 is 5.89. The molecule has 4 atom stereocenters. The predicted molar refractivity (Wildman–Crippen MR) is 56.1 cm³/mol. The van der Waals surface area contributed by atoms with Gasteiger partial charge in [-0.2, -0.15) is 0 Å². The van der Waals surface area contributed by atoms with E-state index >= 15 is 0 Å². The molecule has 0 saturated heterocycles. The molecule has 1 N–H and O–H groups in total. The molecule has 82 valence electrons. The lowest BCUT2D eigenvalue weighted by Gasteiger charge is -2.45. The Morgan fingerprint density at radius 1 is 1.21 bits per heavy atom. The zero-order valence-corrected chi connectivity index (χ0v) is 9.11. The van der Waals surface area contributed by atoms with E-state index in [1.807, 2.05) is 0 Å². The Morgan fingerprint density at radius 3 is 2.57 bits per heavy atom. The van der Waals surface area contributed by atoms with Crippen LogP contribution in [0.25, 0.3) is 0 Å². The van der Waals surface area contributed by atoms with Crippen LogP contribution in [0.5, 0.6) is 0 Å². The van der Waals surface area contributed by atoms with Crippen molar-refractivity contribution in [1.29, 1.82) is 0 Å². The van der Waals surface area contributed by atoms with Crippen LogP contribution in [-0.2, 0) is 4.74 Å². The largest absolute Gasteiger partial charge is 0.393 e. The van der Waals surface area contributed by atoms with Gasteiger partial charge in [-0.3, -0.25) is 0 Å². The standard InChI is InChI=1S/C12H22O2/c1-2-3-6-14-12-8-9-4-5-10(12)7-11(9)13/h9-13H,2-8H2,1H3. The minimum atomic E-state index is -0.0280. The Bertz CT molecular complexity index is 181. The van der Waals surface area contributed by atoms with Gasteiger partial charge in [0.05, 0.1) is 12.2 Å². The number of hydrogen-bond donors (Lipinski definition) is 1. The SMILES string of the molecule is CCCCOC1CC2CCC1CC2O. The van der Waals surface area contributed by atoms with Crippen LogP contribution in [-0.4, -0.2) is 23.9 Å². The highest BCUT2D eigenvalue weighted by molar-refractivity contribution is 4.92. The highest BCUT2D eigenvalue weighted by atomic mass is 16.5. The van der Waals surface area contributed by atoms with Crippen molar-refractivity contribution in [2.75, 3.05) is 6.61 Å². The molecule has 3 saturated carbocycles. The second-order valence-electron chi connectivity index (χ2n) is 4.90. The lowest BCUT2D eigenvalue weighted by atomic mass is 9.67. The van der Waals surface area contributed by atoms with Crippen LogP contribution in [0, 0.1) is 11.8 Å². The zero-order chi connectivity index (χ0) is 9.97. The van der Waals surface area contributed by atoms with Crippen LogP contribution < -0.4 is 0 Å². The van der Waals surface area contributed by atoms with Gasteiger partial charge in [-0.15, -0.1) is 0 Å². The molecule has 2 nitrogen and oxygen atoms in total. The Labute approximate surface area is 86.6 Å². The van der Waals surface area contributed by atoms with Crippen molar-refractivity contribution in [2.45, 2.75) is 57.7 Å². The maximum absolute atomic E-state index is 9.73. The van der Waals surface area contributed by atoms with E-state index in [2.05, 4.69) is 6.92 Å². The molecule has 3 aliphatic carbocycles. The van der Waals surface area contributed by atoms with Crippen LogP contribution >= 0.6 is 0 Å². The van der Waals surface area contributed by atoms with Crippen molar-refractivity contribution < 1.29 is 9.84 Å². The molecule has 0 spiro atoms. The summed E-state index contributed by atoms with van der Waals surface area (Å²) in [7, 11) is 0. The molecule has 0 radical (unpaired) electrons. The maximum Gasteiger partial charge on any atom is 0.0607 e. The molecule has 0 aromatic carbocycles. The highest BCUT2D eigenvalue weighted by Crippen LogP contribution is 2.42. The van der Waals surface area contributed by atoms with Gasteiger partial charge in [0.2, 0.25) is 0 Å². The first kappa shape index (κ1) is 10.4. The smallest absolute Gasteiger partial charge is 0.0607 e. The molecule has 0 aliphatic heterocycles. The topological polar surface area (TPSA) is 29.5 Å². The van der Waals surface area contributed by atoms with Crippen LogP contribution in [0.15, 0.2) is 0 Å². The van der Waals surface area contributed by atoms with Crippen molar-refractivity contribution in [1.82, 2.24) is 0 Å². The molecule has 0 heterocycles. The summed E-state index contributed by atoms with van der Waals surface area (Å²) in [4.78, 5) is 0. The summed E-state index contributed by atoms with van der Waals surface area (Å²) in [6, 6.07) is 0. The molecule has 2 heteroatoms. The molecule has 14 heavy (non-hydrogen) atoms. The van der Waals surface area contributed by atoms with Gasteiger partial charge < -0.3 is 9.84 Å². The van der Waals surface area contributed by atoms with Gasteiger partial charge in [-0.1, -0.05) is 13.3 Å². The first-order valence-electron chi connectivity index (χ1n) is 6.11. The van der Waals surface area contributed by atoms with Crippen molar-refractivity contribution in [3.05, 3.63) is 0 Å². The van der Waals surface area contributed by atoms with Gasteiger partial charge in [-0.05, 0) is 43.9 Å². The van der Waals surface area contributed by atoms with Gasteiger partial charge in [0.1, 0.15) is 0 Å². The third-order valence-corrected chi connectivity index (χ3v) is 3.89. The number of aliphatic hydroxyl groups is 1. The molecule has 3 rings (SSSR count). The van der Waals surface area contributed by atoms with E-state index in [4.69, 9.17) is 4.74 Å². The second-order valence-corrected chi connectivity index (χ2v) is 4.90. The molecule has 0 aromatic heterocycles. The Kier molecular flexibility index (Phi) is 3.45. The van der Waals surface area contributed by atoms with E-state index in [0.717, 1.165) is 19.4 Å². The summed E-state index contributed by atoms with van der Waals surface area (Å²) in [6.45, 7) is 3.11. The Hall–Kier alpha value is -0.0800. The normalized spacial score (nSPS) is 41.6. The molecule has 0 amide bonds. The number of rotatable bonds is 4. The molecular formula is C12H22O2. The van der Waals surface area contributed by atoms with E-state index in [1.165, 1.54) is 25.7 Å². The van der Waals surface area contributed by atoms with Crippen molar-refractivity contribution >= 4 is 0 Å². The number of ether oxygens (including phenoxy) is 1. The summed E-state index contributed by atoms with van der Waals surface area (Å²) in [5.41, 5.74) is 0. The molecular weight excluding hydrogens is 176 g/mol. The second kappa shape index (κ2) is 4.63. The molecule has 3 fully saturated rings. The van der Waals surface area contributed by atoms with Crippen LogP contribution in [0.4, 0.5) is 0 Å². The number of aliphatic hydroxyl groups excluding tert-OH is 1. The first-order chi connectivity index (χ1) is 6.81. The van der Waals surface area contributed by atoms with Crippen molar-refractivity contribution in [3.8, 4) is 0 Å². The summed E-state index contributed by atoms with van der Waals surface area (Å²) in [5.74, 6) is 1.18.